The Morgan fingerprint density at radius 3 is 3.00 bits per heavy atom. The van der Waals surface area contributed by atoms with Crippen LogP contribution < -0.4 is 10.6 Å². The van der Waals surface area contributed by atoms with Gasteiger partial charge in [-0.1, -0.05) is 28.1 Å². The third kappa shape index (κ3) is 2.41. The molecule has 0 aliphatic carbocycles. The second-order valence-electron chi connectivity index (χ2n) is 4.82. The molecule has 3 rings (SSSR count). The second kappa shape index (κ2) is 5.25. The van der Waals surface area contributed by atoms with Crippen LogP contribution in [0.15, 0.2) is 41.0 Å². The number of halogens is 1. The number of hydrogen-bond donors (Lipinski definition) is 1. The zero-order valence-corrected chi connectivity index (χ0v) is 12.4. The number of fused-ring (bicyclic) bond motifs is 1. The normalized spacial score (nSPS) is 13.9. The van der Waals surface area contributed by atoms with Crippen molar-refractivity contribution >= 4 is 27.7 Å². The van der Waals surface area contributed by atoms with Crippen LogP contribution in [0, 0.1) is 0 Å². The van der Waals surface area contributed by atoms with Gasteiger partial charge in [0.1, 0.15) is 5.82 Å². The maximum atomic E-state index is 11.2. The van der Waals surface area contributed by atoms with Crippen molar-refractivity contribution in [3.8, 4) is 0 Å². The molecule has 1 aromatic carbocycles. The van der Waals surface area contributed by atoms with E-state index >= 15 is 0 Å². The van der Waals surface area contributed by atoms with Crippen molar-refractivity contribution in [2.24, 2.45) is 5.73 Å². The van der Waals surface area contributed by atoms with E-state index in [0.29, 0.717) is 5.56 Å². The summed E-state index contributed by atoms with van der Waals surface area (Å²) in [6.07, 6.45) is 2.59. The van der Waals surface area contributed by atoms with Gasteiger partial charge >= 0.3 is 0 Å². The van der Waals surface area contributed by atoms with Crippen molar-refractivity contribution in [2.45, 2.75) is 13.0 Å². The Hall–Kier alpha value is -1.88. The van der Waals surface area contributed by atoms with Crippen LogP contribution in [0.1, 0.15) is 21.5 Å². The van der Waals surface area contributed by atoms with Gasteiger partial charge < -0.3 is 10.6 Å². The fraction of sp³-hybridized carbons (Fsp3) is 0.200. The summed E-state index contributed by atoms with van der Waals surface area (Å²) < 4.78 is 1.16. The summed E-state index contributed by atoms with van der Waals surface area (Å²) >= 11 is 3.59. The number of amides is 1. The second-order valence-corrected chi connectivity index (χ2v) is 5.67. The van der Waals surface area contributed by atoms with E-state index in [9.17, 15) is 4.79 Å². The first-order valence-corrected chi connectivity index (χ1v) is 7.21. The highest BCUT2D eigenvalue weighted by Gasteiger charge is 2.19. The Kier molecular flexibility index (Phi) is 3.44. The largest absolute Gasteiger partial charge is 0.366 e. The Bertz CT molecular complexity index is 672. The van der Waals surface area contributed by atoms with E-state index in [1.807, 2.05) is 6.07 Å². The molecule has 4 nitrogen and oxygen atoms in total. The molecule has 2 heterocycles. The van der Waals surface area contributed by atoms with Crippen molar-refractivity contribution in [2.75, 3.05) is 11.4 Å². The van der Waals surface area contributed by atoms with Crippen LogP contribution in [0.2, 0.25) is 0 Å². The van der Waals surface area contributed by atoms with Crippen LogP contribution in [-0.4, -0.2) is 17.4 Å². The molecule has 0 atom stereocenters. The molecule has 0 bridgehead atoms. The number of carbonyl (C=O) groups is 1. The zero-order valence-electron chi connectivity index (χ0n) is 10.8. The molecule has 1 aliphatic heterocycles. The minimum Gasteiger partial charge on any atom is -0.366 e. The van der Waals surface area contributed by atoms with E-state index in [4.69, 9.17) is 5.73 Å². The summed E-state index contributed by atoms with van der Waals surface area (Å²) in [5, 5.41) is 0. The van der Waals surface area contributed by atoms with Gasteiger partial charge in [0.25, 0.3) is 0 Å². The molecule has 2 N–H and O–H groups in total. The molecule has 102 valence electrons. The monoisotopic (exact) mass is 331 g/mol. The smallest absolute Gasteiger partial charge is 0.248 e. The Morgan fingerprint density at radius 1 is 1.35 bits per heavy atom. The first kappa shape index (κ1) is 13.1. The van der Waals surface area contributed by atoms with Gasteiger partial charge in [0.15, 0.2) is 0 Å². The number of benzene rings is 1. The van der Waals surface area contributed by atoms with E-state index < -0.39 is 5.91 Å². The molecular weight excluding hydrogens is 318 g/mol. The number of carbonyl (C=O) groups excluding carboxylic acids is 1. The molecule has 5 heteroatoms. The molecule has 0 radical (unpaired) electrons. The van der Waals surface area contributed by atoms with Gasteiger partial charge in [-0.05, 0) is 35.7 Å². The number of anilines is 1. The lowest BCUT2D eigenvalue weighted by Gasteiger charge is -2.30. The van der Waals surface area contributed by atoms with Crippen LogP contribution in [0.5, 0.6) is 0 Å². The molecule has 1 aromatic heterocycles. The molecule has 0 fully saturated rings. The predicted molar refractivity (Wildman–Crippen MR) is 81.7 cm³/mol. The Labute approximate surface area is 125 Å². The molecule has 0 spiro atoms. The Morgan fingerprint density at radius 2 is 2.20 bits per heavy atom. The summed E-state index contributed by atoms with van der Waals surface area (Å²) in [5.41, 5.74) is 8.46. The van der Waals surface area contributed by atoms with Gasteiger partial charge in [-0.2, -0.15) is 0 Å². The lowest BCUT2D eigenvalue weighted by molar-refractivity contribution is 0.1000. The maximum Gasteiger partial charge on any atom is 0.248 e. The molecule has 0 unspecified atom stereocenters. The molecule has 1 amide bonds. The standard InChI is InChI=1S/C15H14BrN3O/c16-13-3-1-2-11-9-19(7-5-12(11)13)14-8-10(15(17)20)4-6-18-14/h1-4,6,8H,5,7,9H2,(H2,17,20). The molecule has 2 aromatic rings. The highest BCUT2D eigenvalue weighted by atomic mass is 79.9. The van der Waals surface area contributed by atoms with Gasteiger partial charge in [0.05, 0.1) is 0 Å². The van der Waals surface area contributed by atoms with Gasteiger partial charge in [-0.25, -0.2) is 4.98 Å². The highest BCUT2D eigenvalue weighted by Crippen LogP contribution is 2.28. The number of rotatable bonds is 2. The van der Waals surface area contributed by atoms with Gasteiger partial charge in [-0.15, -0.1) is 0 Å². The third-order valence-corrected chi connectivity index (χ3v) is 4.31. The van der Waals surface area contributed by atoms with Crippen molar-refractivity contribution in [1.82, 2.24) is 4.98 Å². The number of pyridine rings is 1. The molecule has 0 saturated heterocycles. The Balaban J connectivity index is 1.90. The SMILES string of the molecule is NC(=O)c1ccnc(N2CCc3c(Br)cccc3C2)c1. The fourth-order valence-corrected chi connectivity index (χ4v) is 3.11. The van der Waals surface area contributed by atoms with E-state index in [-0.39, 0.29) is 0 Å². The van der Waals surface area contributed by atoms with Crippen LogP contribution in [0.25, 0.3) is 0 Å². The molecule has 1 aliphatic rings. The van der Waals surface area contributed by atoms with Crippen LogP contribution >= 0.6 is 15.9 Å². The minimum absolute atomic E-state index is 0.422. The third-order valence-electron chi connectivity index (χ3n) is 3.56. The molecule has 0 saturated carbocycles. The van der Waals surface area contributed by atoms with E-state index in [1.165, 1.54) is 11.1 Å². The summed E-state index contributed by atoms with van der Waals surface area (Å²) in [4.78, 5) is 17.8. The number of aromatic nitrogens is 1. The highest BCUT2D eigenvalue weighted by molar-refractivity contribution is 9.10. The molecular formula is C15H14BrN3O. The quantitative estimate of drug-likeness (QED) is 0.919. The fourth-order valence-electron chi connectivity index (χ4n) is 2.50. The average Bonchev–Trinajstić information content (AvgIpc) is 2.47. The van der Waals surface area contributed by atoms with Crippen LogP contribution in [-0.2, 0) is 13.0 Å². The minimum atomic E-state index is -0.422. The predicted octanol–water partition coefficient (Wildman–Crippen LogP) is 2.51. The number of hydrogen-bond acceptors (Lipinski definition) is 3. The summed E-state index contributed by atoms with van der Waals surface area (Å²) in [6.45, 7) is 1.68. The van der Waals surface area contributed by atoms with E-state index in [1.54, 1.807) is 18.3 Å². The van der Waals surface area contributed by atoms with Crippen molar-refractivity contribution < 1.29 is 4.79 Å². The lowest BCUT2D eigenvalue weighted by Crippen LogP contribution is -2.31. The molecule has 20 heavy (non-hydrogen) atoms. The number of nitrogens with two attached hydrogens (primary N) is 1. The number of primary amides is 1. The number of nitrogens with zero attached hydrogens (tertiary/aromatic N) is 2. The topological polar surface area (TPSA) is 59.2 Å². The zero-order chi connectivity index (χ0) is 14.1. The maximum absolute atomic E-state index is 11.2. The lowest BCUT2D eigenvalue weighted by atomic mass is 10.00. The summed E-state index contributed by atoms with van der Waals surface area (Å²) in [6, 6.07) is 9.63. The van der Waals surface area contributed by atoms with E-state index in [2.05, 4.69) is 37.9 Å². The first-order chi connectivity index (χ1) is 9.65. The summed E-state index contributed by atoms with van der Waals surface area (Å²) in [7, 11) is 0. The average molecular weight is 332 g/mol. The van der Waals surface area contributed by atoms with Crippen molar-refractivity contribution in [3.63, 3.8) is 0 Å². The van der Waals surface area contributed by atoms with Crippen molar-refractivity contribution in [3.05, 3.63) is 57.7 Å². The van der Waals surface area contributed by atoms with Gasteiger partial charge in [0, 0.05) is 29.3 Å². The van der Waals surface area contributed by atoms with Gasteiger partial charge in [0.2, 0.25) is 5.91 Å². The van der Waals surface area contributed by atoms with E-state index in [0.717, 1.165) is 29.8 Å². The van der Waals surface area contributed by atoms with Crippen LogP contribution in [0.4, 0.5) is 5.82 Å². The van der Waals surface area contributed by atoms with Crippen molar-refractivity contribution in [1.29, 1.82) is 0 Å². The summed E-state index contributed by atoms with van der Waals surface area (Å²) in [5.74, 6) is 0.376. The van der Waals surface area contributed by atoms with Gasteiger partial charge in [-0.3, -0.25) is 4.79 Å². The van der Waals surface area contributed by atoms with Crippen LogP contribution in [0.3, 0.4) is 0 Å². The first-order valence-electron chi connectivity index (χ1n) is 6.42.